The number of amides is 1. The SMILES string of the molecule is CC[C@@H](Nc1nnnn1-c1ccccc1)C(=O)NCc1cn[nH]n1. The highest BCUT2D eigenvalue weighted by Gasteiger charge is 2.19. The first-order valence-electron chi connectivity index (χ1n) is 7.50. The average Bonchev–Trinajstić information content (AvgIpc) is 3.30. The molecule has 1 amide bonds. The first-order chi connectivity index (χ1) is 11.8. The lowest BCUT2D eigenvalue weighted by Gasteiger charge is -2.16. The Morgan fingerprint density at radius 1 is 1.33 bits per heavy atom. The number of H-pyrrole nitrogens is 1. The van der Waals surface area contributed by atoms with Gasteiger partial charge in [0.05, 0.1) is 18.4 Å². The lowest BCUT2D eigenvalue weighted by atomic mass is 10.2. The molecule has 2 heterocycles. The van der Waals surface area contributed by atoms with Gasteiger partial charge in [-0.25, -0.2) is 0 Å². The molecule has 1 atom stereocenters. The maximum Gasteiger partial charge on any atom is 0.248 e. The van der Waals surface area contributed by atoms with Gasteiger partial charge in [-0.05, 0) is 29.0 Å². The van der Waals surface area contributed by atoms with Gasteiger partial charge >= 0.3 is 0 Å². The largest absolute Gasteiger partial charge is 0.349 e. The number of anilines is 1. The second-order valence-corrected chi connectivity index (χ2v) is 5.03. The fourth-order valence-electron chi connectivity index (χ4n) is 2.14. The Bertz CT molecular complexity index is 769. The molecule has 3 rings (SSSR count). The highest BCUT2D eigenvalue weighted by Crippen LogP contribution is 2.12. The molecule has 1 aromatic carbocycles. The van der Waals surface area contributed by atoms with Crippen molar-refractivity contribution < 1.29 is 4.79 Å². The van der Waals surface area contributed by atoms with Gasteiger partial charge < -0.3 is 10.6 Å². The van der Waals surface area contributed by atoms with Crippen molar-refractivity contribution in [2.45, 2.75) is 25.9 Å². The molecule has 124 valence electrons. The van der Waals surface area contributed by atoms with Crippen molar-refractivity contribution in [2.24, 2.45) is 0 Å². The highest BCUT2D eigenvalue weighted by molar-refractivity contribution is 5.84. The average molecular weight is 327 g/mol. The molecule has 0 radical (unpaired) electrons. The number of carbonyl (C=O) groups is 1. The predicted octanol–water partition coefficient (Wildman–Crippen LogP) is 0.287. The second-order valence-electron chi connectivity index (χ2n) is 5.03. The molecule has 0 saturated carbocycles. The van der Waals surface area contributed by atoms with E-state index in [1.807, 2.05) is 37.3 Å². The fourth-order valence-corrected chi connectivity index (χ4v) is 2.14. The molecule has 0 bridgehead atoms. The number of hydrogen-bond donors (Lipinski definition) is 3. The van der Waals surface area contributed by atoms with Crippen molar-refractivity contribution >= 4 is 11.9 Å². The van der Waals surface area contributed by atoms with Crippen LogP contribution in [0.2, 0.25) is 0 Å². The molecule has 10 heteroatoms. The summed E-state index contributed by atoms with van der Waals surface area (Å²) in [6.07, 6.45) is 2.14. The van der Waals surface area contributed by atoms with Gasteiger partial charge in [0.25, 0.3) is 0 Å². The van der Waals surface area contributed by atoms with Gasteiger partial charge in [-0.15, -0.1) is 0 Å². The summed E-state index contributed by atoms with van der Waals surface area (Å²) < 4.78 is 1.55. The van der Waals surface area contributed by atoms with Gasteiger partial charge in [0.2, 0.25) is 11.9 Å². The van der Waals surface area contributed by atoms with Gasteiger partial charge in [-0.3, -0.25) is 4.79 Å². The molecule has 0 aliphatic rings. The minimum Gasteiger partial charge on any atom is -0.349 e. The number of benzene rings is 1. The Kier molecular flexibility index (Phi) is 4.75. The van der Waals surface area contributed by atoms with Gasteiger partial charge in [0.1, 0.15) is 11.7 Å². The molecule has 3 N–H and O–H groups in total. The smallest absolute Gasteiger partial charge is 0.248 e. The molecule has 24 heavy (non-hydrogen) atoms. The maximum atomic E-state index is 12.3. The third-order valence-electron chi connectivity index (χ3n) is 3.41. The summed E-state index contributed by atoms with van der Waals surface area (Å²) >= 11 is 0. The van der Waals surface area contributed by atoms with Crippen LogP contribution >= 0.6 is 0 Å². The van der Waals surface area contributed by atoms with Gasteiger partial charge in [0, 0.05) is 0 Å². The van der Waals surface area contributed by atoms with Crippen LogP contribution in [0.4, 0.5) is 5.95 Å². The van der Waals surface area contributed by atoms with E-state index in [1.54, 1.807) is 10.9 Å². The summed E-state index contributed by atoms with van der Waals surface area (Å²) in [5.41, 5.74) is 1.47. The molecular weight excluding hydrogens is 310 g/mol. The third-order valence-corrected chi connectivity index (χ3v) is 3.41. The molecule has 0 unspecified atom stereocenters. The zero-order valence-corrected chi connectivity index (χ0v) is 13.0. The lowest BCUT2D eigenvalue weighted by molar-refractivity contribution is -0.122. The van der Waals surface area contributed by atoms with Crippen LogP contribution in [-0.4, -0.2) is 47.6 Å². The summed E-state index contributed by atoms with van der Waals surface area (Å²) in [5, 5.41) is 27.6. The topological polar surface area (TPSA) is 126 Å². The summed E-state index contributed by atoms with van der Waals surface area (Å²) in [6.45, 7) is 2.21. The van der Waals surface area contributed by atoms with Crippen molar-refractivity contribution in [3.8, 4) is 5.69 Å². The van der Waals surface area contributed by atoms with Crippen LogP contribution in [0, 0.1) is 0 Å². The first kappa shape index (κ1) is 15.6. The molecule has 0 aliphatic heterocycles. The standard InChI is InChI=1S/C14H17N9O/c1-2-12(13(24)15-8-10-9-16-20-18-10)17-14-19-21-22-23(14)11-6-4-3-5-7-11/h3-7,9,12H,2,8H2,1H3,(H,15,24)(H,16,18,20)(H,17,19,22)/t12-/m1/s1. The van der Waals surface area contributed by atoms with E-state index in [-0.39, 0.29) is 5.91 Å². The fraction of sp³-hybridized carbons (Fsp3) is 0.286. The van der Waals surface area contributed by atoms with E-state index in [2.05, 4.69) is 41.6 Å². The van der Waals surface area contributed by atoms with Crippen LogP contribution in [0.3, 0.4) is 0 Å². The van der Waals surface area contributed by atoms with Crippen molar-refractivity contribution in [1.29, 1.82) is 0 Å². The third kappa shape index (κ3) is 3.54. The number of carbonyl (C=O) groups excluding carboxylic acids is 1. The second kappa shape index (κ2) is 7.31. The van der Waals surface area contributed by atoms with Crippen molar-refractivity contribution in [3.63, 3.8) is 0 Å². The van der Waals surface area contributed by atoms with Crippen LogP contribution in [0.5, 0.6) is 0 Å². The lowest BCUT2D eigenvalue weighted by Crippen LogP contribution is -2.39. The molecular formula is C14H17N9O. The van der Waals surface area contributed by atoms with E-state index in [9.17, 15) is 4.79 Å². The first-order valence-corrected chi connectivity index (χ1v) is 7.50. The number of nitrogens with one attached hydrogen (secondary N) is 3. The molecule has 3 aromatic rings. The summed E-state index contributed by atoms with van der Waals surface area (Å²) in [4.78, 5) is 12.3. The number of aromatic amines is 1. The number of tetrazole rings is 1. The number of rotatable bonds is 7. The highest BCUT2D eigenvalue weighted by atomic mass is 16.2. The van der Waals surface area contributed by atoms with Gasteiger partial charge in [-0.2, -0.15) is 20.1 Å². The summed E-state index contributed by atoms with van der Waals surface area (Å²) in [6, 6.07) is 8.99. The van der Waals surface area contributed by atoms with Crippen molar-refractivity contribution in [2.75, 3.05) is 5.32 Å². The molecule has 0 saturated heterocycles. The van der Waals surface area contributed by atoms with Crippen LogP contribution in [-0.2, 0) is 11.3 Å². The minimum absolute atomic E-state index is 0.164. The van der Waals surface area contributed by atoms with Crippen molar-refractivity contribution in [3.05, 3.63) is 42.2 Å². The zero-order valence-electron chi connectivity index (χ0n) is 13.0. The quantitative estimate of drug-likeness (QED) is 0.569. The van der Waals surface area contributed by atoms with Crippen LogP contribution in [0.15, 0.2) is 36.5 Å². The van der Waals surface area contributed by atoms with E-state index < -0.39 is 6.04 Å². The zero-order chi connectivity index (χ0) is 16.8. The normalized spacial score (nSPS) is 11.9. The predicted molar refractivity (Wildman–Crippen MR) is 85.1 cm³/mol. The van der Waals surface area contributed by atoms with E-state index in [0.29, 0.717) is 24.6 Å². The number of para-hydroxylation sites is 1. The minimum atomic E-state index is -0.467. The Morgan fingerprint density at radius 3 is 2.88 bits per heavy atom. The Morgan fingerprint density at radius 2 is 2.17 bits per heavy atom. The molecule has 10 nitrogen and oxygen atoms in total. The molecule has 0 spiro atoms. The number of hydrogen-bond acceptors (Lipinski definition) is 7. The van der Waals surface area contributed by atoms with Gasteiger partial charge in [0.15, 0.2) is 0 Å². The molecule has 2 aromatic heterocycles. The monoisotopic (exact) mass is 327 g/mol. The van der Waals surface area contributed by atoms with Crippen LogP contribution < -0.4 is 10.6 Å². The van der Waals surface area contributed by atoms with E-state index >= 15 is 0 Å². The molecule has 0 fully saturated rings. The molecule has 0 aliphatic carbocycles. The van der Waals surface area contributed by atoms with Crippen LogP contribution in [0.25, 0.3) is 5.69 Å². The van der Waals surface area contributed by atoms with E-state index in [4.69, 9.17) is 0 Å². The van der Waals surface area contributed by atoms with Crippen LogP contribution in [0.1, 0.15) is 19.0 Å². The number of aromatic nitrogens is 7. The maximum absolute atomic E-state index is 12.3. The van der Waals surface area contributed by atoms with Gasteiger partial charge in [-0.1, -0.05) is 30.2 Å². The van der Waals surface area contributed by atoms with E-state index in [1.165, 1.54) is 0 Å². The van der Waals surface area contributed by atoms with E-state index in [0.717, 1.165) is 5.69 Å². The Balaban J connectivity index is 1.67. The summed E-state index contributed by atoms with van der Waals surface area (Å²) in [5.74, 6) is 0.243. The number of nitrogens with zero attached hydrogens (tertiary/aromatic N) is 6. The summed E-state index contributed by atoms with van der Waals surface area (Å²) in [7, 11) is 0. The Hall–Kier alpha value is -3.30. The van der Waals surface area contributed by atoms with Crippen molar-refractivity contribution in [1.82, 2.24) is 40.9 Å². The Labute approximate surface area is 137 Å².